The highest BCUT2D eigenvalue weighted by Crippen LogP contribution is 2.58. The predicted octanol–water partition coefficient (Wildman–Crippen LogP) is 15.7. The molecule has 2 heteroatoms. The van der Waals surface area contributed by atoms with Crippen LogP contribution in [0.1, 0.15) is 44.5 Å². The summed E-state index contributed by atoms with van der Waals surface area (Å²) >= 11 is 0. The molecule has 0 saturated heterocycles. The zero-order chi connectivity index (χ0) is 42.5. The van der Waals surface area contributed by atoms with Crippen LogP contribution in [0.2, 0.25) is 0 Å². The summed E-state index contributed by atoms with van der Waals surface area (Å²) in [6, 6.07) is 94.9. The van der Waals surface area contributed by atoms with Gasteiger partial charge in [-0.25, -0.2) is 0 Å². The van der Waals surface area contributed by atoms with Crippen LogP contribution in [0.15, 0.2) is 261 Å². The van der Waals surface area contributed by atoms with Gasteiger partial charge in [-0.3, -0.25) is 0 Å². The van der Waals surface area contributed by atoms with Crippen molar-refractivity contribution in [3.05, 3.63) is 305 Å². The lowest BCUT2D eigenvalue weighted by molar-refractivity contribution is 0.434. The van der Waals surface area contributed by atoms with E-state index >= 15 is 0 Å². The number of hydrogen-bond donors (Lipinski definition) is 0. The number of nitrogens with zero attached hydrogens (tertiary/aromatic N) is 1. The van der Waals surface area contributed by atoms with Crippen molar-refractivity contribution in [1.82, 2.24) is 0 Å². The maximum atomic E-state index is 6.67. The molecule has 10 aromatic carbocycles. The van der Waals surface area contributed by atoms with Gasteiger partial charge in [-0.2, -0.15) is 0 Å². The Bertz CT molecular complexity index is 3210. The molecule has 2 nitrogen and oxygen atoms in total. The smallest absolute Gasteiger partial charge is 0.132 e. The van der Waals surface area contributed by atoms with E-state index in [1.807, 2.05) is 0 Å². The highest BCUT2D eigenvalue weighted by Gasteiger charge is 2.47. The zero-order valence-corrected chi connectivity index (χ0v) is 35.2. The molecule has 10 aromatic rings. The molecule has 0 amide bonds. The normalized spacial score (nSPS) is 13.7. The molecule has 0 saturated carbocycles. The molecule has 0 aromatic heterocycles. The third-order valence-corrected chi connectivity index (χ3v) is 13.5. The first-order valence-corrected chi connectivity index (χ1v) is 22.1. The van der Waals surface area contributed by atoms with Crippen molar-refractivity contribution >= 4 is 17.1 Å². The fraction of sp³-hybridized carbons (Fsp3) is 0.0323. The van der Waals surface area contributed by atoms with Crippen molar-refractivity contribution in [1.29, 1.82) is 0 Å². The Labute approximate surface area is 375 Å². The van der Waals surface area contributed by atoms with E-state index in [0.29, 0.717) is 0 Å². The van der Waals surface area contributed by atoms with Gasteiger partial charge in [0.2, 0.25) is 0 Å². The lowest BCUT2D eigenvalue weighted by Crippen LogP contribution is -2.34. The third kappa shape index (κ3) is 5.73. The highest BCUT2D eigenvalue weighted by atomic mass is 16.5. The summed E-state index contributed by atoms with van der Waals surface area (Å²) in [5, 5.41) is 0. The van der Waals surface area contributed by atoms with E-state index in [1.54, 1.807) is 0 Å². The van der Waals surface area contributed by atoms with Crippen LogP contribution >= 0.6 is 0 Å². The molecule has 0 N–H and O–H groups in total. The summed E-state index contributed by atoms with van der Waals surface area (Å²) in [6.07, 6.45) is 0. The number of hydrogen-bond acceptors (Lipinski definition) is 2. The molecule has 0 atom stereocenters. The van der Waals surface area contributed by atoms with E-state index in [0.717, 1.165) is 50.8 Å². The molecule has 0 fully saturated rings. The number of para-hydroxylation sites is 2. The number of anilines is 3. The summed E-state index contributed by atoms with van der Waals surface area (Å²) < 4.78 is 6.67. The fourth-order valence-corrected chi connectivity index (χ4v) is 10.8. The first kappa shape index (κ1) is 37.6. The Hall–Kier alpha value is -8.20. The van der Waals surface area contributed by atoms with E-state index in [2.05, 4.69) is 266 Å². The SMILES string of the molecule is c1ccc(-c2cccc(N(c3ccc(C4(c5ccccc5)c5ccccc5-c5ccccc54)cc3)c3cccc(C4(c5ccccc5)c5ccccc5Oc5ccccc54)c3)c2)cc1. The maximum absolute atomic E-state index is 6.67. The quantitative estimate of drug-likeness (QED) is 0.151. The summed E-state index contributed by atoms with van der Waals surface area (Å²) in [5.74, 6) is 1.72. The number of ether oxygens (including phenoxy) is 1. The van der Waals surface area contributed by atoms with Crippen molar-refractivity contribution in [3.8, 4) is 33.8 Å². The summed E-state index contributed by atoms with van der Waals surface area (Å²) in [5.41, 5.74) is 16.6. The third-order valence-electron chi connectivity index (χ3n) is 13.5. The van der Waals surface area contributed by atoms with Crippen LogP contribution in [0.4, 0.5) is 17.1 Å². The van der Waals surface area contributed by atoms with Crippen LogP contribution < -0.4 is 9.64 Å². The highest BCUT2D eigenvalue weighted by molar-refractivity contribution is 5.87. The Kier molecular flexibility index (Phi) is 8.98. The molecule has 302 valence electrons. The summed E-state index contributed by atoms with van der Waals surface area (Å²) in [6.45, 7) is 0. The molecule has 1 heterocycles. The fourth-order valence-electron chi connectivity index (χ4n) is 10.8. The number of rotatable bonds is 8. The van der Waals surface area contributed by atoms with Gasteiger partial charge in [-0.1, -0.05) is 212 Å². The van der Waals surface area contributed by atoms with Gasteiger partial charge >= 0.3 is 0 Å². The van der Waals surface area contributed by atoms with Crippen molar-refractivity contribution in [3.63, 3.8) is 0 Å². The van der Waals surface area contributed by atoms with Gasteiger partial charge in [0.05, 0.1) is 10.8 Å². The second kappa shape index (κ2) is 15.3. The standard InChI is InChI=1S/C62H43NO/c1-4-20-44(21-5-1)45-22-18-28-51(42-45)63(50-40-38-48(39-41-50)61(46-23-6-2-7-24-46)55-32-12-10-30-53(55)54-31-11-13-33-56(54)61)52-29-19-27-49(43-52)62(47-25-8-3-9-26-47)57-34-14-16-36-59(57)64-60-37-17-15-35-58(60)62/h1-43H. The lowest BCUT2D eigenvalue weighted by atomic mass is 9.63. The van der Waals surface area contributed by atoms with Crippen molar-refractivity contribution in [2.24, 2.45) is 0 Å². The Morgan fingerprint density at radius 2 is 0.672 bits per heavy atom. The van der Waals surface area contributed by atoms with Gasteiger partial charge in [-0.15, -0.1) is 0 Å². The van der Waals surface area contributed by atoms with Gasteiger partial charge in [0.15, 0.2) is 0 Å². The summed E-state index contributed by atoms with van der Waals surface area (Å²) in [4.78, 5) is 2.42. The Balaban J connectivity index is 1.08. The Morgan fingerprint density at radius 1 is 0.266 bits per heavy atom. The lowest BCUT2D eigenvalue weighted by Gasteiger charge is -2.42. The second-order valence-corrected chi connectivity index (χ2v) is 16.8. The van der Waals surface area contributed by atoms with E-state index in [4.69, 9.17) is 4.74 Å². The van der Waals surface area contributed by atoms with Crippen molar-refractivity contribution in [2.75, 3.05) is 4.90 Å². The monoisotopic (exact) mass is 817 g/mol. The molecular formula is C62H43NO. The van der Waals surface area contributed by atoms with Crippen molar-refractivity contribution < 1.29 is 4.74 Å². The topological polar surface area (TPSA) is 12.5 Å². The van der Waals surface area contributed by atoms with Crippen LogP contribution in [-0.4, -0.2) is 0 Å². The zero-order valence-electron chi connectivity index (χ0n) is 35.2. The molecule has 2 aliphatic rings. The van der Waals surface area contributed by atoms with Gasteiger partial charge in [-0.05, 0) is 104 Å². The van der Waals surface area contributed by atoms with Crippen molar-refractivity contribution in [2.45, 2.75) is 10.8 Å². The minimum atomic E-state index is -0.657. The van der Waals surface area contributed by atoms with Crippen LogP contribution in [-0.2, 0) is 10.8 Å². The predicted molar refractivity (Wildman–Crippen MR) is 262 cm³/mol. The van der Waals surface area contributed by atoms with E-state index in [-0.39, 0.29) is 0 Å². The maximum Gasteiger partial charge on any atom is 0.132 e. The molecule has 1 aliphatic heterocycles. The average molecular weight is 818 g/mol. The minimum Gasteiger partial charge on any atom is -0.457 e. The Morgan fingerprint density at radius 3 is 1.25 bits per heavy atom. The molecule has 0 unspecified atom stereocenters. The molecular weight excluding hydrogens is 775 g/mol. The van der Waals surface area contributed by atoms with Crippen LogP contribution in [0.5, 0.6) is 11.5 Å². The number of benzene rings is 10. The first-order chi connectivity index (χ1) is 31.7. The van der Waals surface area contributed by atoms with E-state index < -0.39 is 10.8 Å². The van der Waals surface area contributed by atoms with Crippen LogP contribution in [0, 0.1) is 0 Å². The second-order valence-electron chi connectivity index (χ2n) is 16.8. The molecule has 0 bridgehead atoms. The van der Waals surface area contributed by atoms with Gasteiger partial charge in [0.25, 0.3) is 0 Å². The van der Waals surface area contributed by atoms with Crippen LogP contribution in [0.3, 0.4) is 0 Å². The minimum absolute atomic E-state index is 0.489. The van der Waals surface area contributed by atoms with Gasteiger partial charge in [0, 0.05) is 28.2 Å². The van der Waals surface area contributed by atoms with E-state index in [9.17, 15) is 0 Å². The van der Waals surface area contributed by atoms with Gasteiger partial charge < -0.3 is 9.64 Å². The molecule has 1 aliphatic carbocycles. The largest absolute Gasteiger partial charge is 0.457 e. The molecule has 0 radical (unpaired) electrons. The molecule has 12 rings (SSSR count). The first-order valence-electron chi connectivity index (χ1n) is 22.1. The average Bonchev–Trinajstić information content (AvgIpc) is 3.68. The molecule has 0 spiro atoms. The van der Waals surface area contributed by atoms with Crippen LogP contribution in [0.25, 0.3) is 22.3 Å². The summed E-state index contributed by atoms with van der Waals surface area (Å²) in [7, 11) is 0. The van der Waals surface area contributed by atoms with E-state index in [1.165, 1.54) is 44.5 Å². The number of fused-ring (bicyclic) bond motifs is 5. The van der Waals surface area contributed by atoms with Gasteiger partial charge in [0.1, 0.15) is 11.5 Å². The molecule has 64 heavy (non-hydrogen) atoms.